The molecule has 1 aromatic rings. The van der Waals surface area contributed by atoms with Gasteiger partial charge in [-0.25, -0.2) is 0 Å². The zero-order chi connectivity index (χ0) is 12.1. The van der Waals surface area contributed by atoms with Gasteiger partial charge in [0.2, 0.25) is 5.91 Å². The predicted molar refractivity (Wildman–Crippen MR) is 66.0 cm³/mol. The third-order valence-electron chi connectivity index (χ3n) is 2.71. The molecule has 3 nitrogen and oxygen atoms in total. The predicted octanol–water partition coefficient (Wildman–Crippen LogP) is 1.91. The monoisotopic (exact) mass is 220 g/mol. The van der Waals surface area contributed by atoms with Crippen LogP contribution in [0.2, 0.25) is 0 Å². The first kappa shape index (κ1) is 12.7. The van der Waals surface area contributed by atoms with Crippen molar-refractivity contribution in [3.05, 3.63) is 35.4 Å². The van der Waals surface area contributed by atoms with E-state index in [4.69, 9.17) is 5.73 Å². The van der Waals surface area contributed by atoms with Crippen LogP contribution in [0.15, 0.2) is 24.3 Å². The number of amides is 1. The summed E-state index contributed by atoms with van der Waals surface area (Å²) in [6, 6.07) is 7.73. The SMILES string of the molecule is CC[C@@H](N)C(=O)N[C@H](C)c1ccc(C)cc1. The molecule has 88 valence electrons. The largest absolute Gasteiger partial charge is 0.348 e. The minimum atomic E-state index is -0.409. The highest BCUT2D eigenvalue weighted by molar-refractivity contribution is 5.81. The lowest BCUT2D eigenvalue weighted by Crippen LogP contribution is -2.41. The average molecular weight is 220 g/mol. The Morgan fingerprint density at radius 3 is 2.44 bits per heavy atom. The first-order chi connectivity index (χ1) is 7.54. The molecular weight excluding hydrogens is 200 g/mol. The van der Waals surface area contributed by atoms with Gasteiger partial charge in [0.25, 0.3) is 0 Å². The molecule has 0 aliphatic heterocycles. The summed E-state index contributed by atoms with van der Waals surface area (Å²) in [6.45, 7) is 5.91. The number of carbonyl (C=O) groups is 1. The van der Waals surface area contributed by atoms with E-state index in [0.717, 1.165) is 5.56 Å². The molecule has 0 radical (unpaired) electrons. The van der Waals surface area contributed by atoms with Gasteiger partial charge in [-0.2, -0.15) is 0 Å². The summed E-state index contributed by atoms with van der Waals surface area (Å²) < 4.78 is 0. The van der Waals surface area contributed by atoms with Crippen LogP contribution < -0.4 is 11.1 Å². The lowest BCUT2D eigenvalue weighted by molar-refractivity contribution is -0.123. The number of aryl methyl sites for hydroxylation is 1. The van der Waals surface area contributed by atoms with Crippen molar-refractivity contribution in [1.82, 2.24) is 5.32 Å². The lowest BCUT2D eigenvalue weighted by Gasteiger charge is -2.17. The van der Waals surface area contributed by atoms with Crippen molar-refractivity contribution in [2.24, 2.45) is 5.73 Å². The Balaban J connectivity index is 2.62. The van der Waals surface area contributed by atoms with E-state index in [2.05, 4.69) is 5.32 Å². The summed E-state index contributed by atoms with van der Waals surface area (Å²) in [4.78, 5) is 11.6. The molecule has 1 amide bonds. The Hall–Kier alpha value is -1.35. The van der Waals surface area contributed by atoms with E-state index < -0.39 is 6.04 Å². The van der Waals surface area contributed by atoms with Gasteiger partial charge in [-0.15, -0.1) is 0 Å². The zero-order valence-corrected chi connectivity index (χ0v) is 10.2. The maximum absolute atomic E-state index is 11.6. The number of hydrogen-bond acceptors (Lipinski definition) is 2. The fraction of sp³-hybridized carbons (Fsp3) is 0.462. The molecule has 1 aromatic carbocycles. The van der Waals surface area contributed by atoms with Crippen molar-refractivity contribution in [3.63, 3.8) is 0 Å². The minimum absolute atomic E-state index is 0.00528. The number of rotatable bonds is 4. The first-order valence-corrected chi connectivity index (χ1v) is 5.67. The van der Waals surface area contributed by atoms with E-state index in [-0.39, 0.29) is 11.9 Å². The molecule has 3 heteroatoms. The Kier molecular flexibility index (Phi) is 4.50. The van der Waals surface area contributed by atoms with Gasteiger partial charge in [-0.3, -0.25) is 4.79 Å². The van der Waals surface area contributed by atoms with Gasteiger partial charge in [0.15, 0.2) is 0 Å². The van der Waals surface area contributed by atoms with Crippen molar-refractivity contribution in [3.8, 4) is 0 Å². The second-order valence-electron chi connectivity index (χ2n) is 4.16. The standard InChI is InChI=1S/C13H20N2O/c1-4-12(14)13(16)15-10(3)11-7-5-9(2)6-8-11/h5-8,10,12H,4,14H2,1-3H3,(H,15,16)/t10-,12-/m1/s1. The summed E-state index contributed by atoms with van der Waals surface area (Å²) in [7, 11) is 0. The van der Waals surface area contributed by atoms with Gasteiger partial charge in [-0.1, -0.05) is 36.8 Å². The van der Waals surface area contributed by atoms with Crippen molar-refractivity contribution >= 4 is 5.91 Å². The Morgan fingerprint density at radius 1 is 1.38 bits per heavy atom. The second kappa shape index (κ2) is 5.66. The number of carbonyl (C=O) groups excluding carboxylic acids is 1. The summed E-state index contributed by atoms with van der Waals surface area (Å²) in [5.41, 5.74) is 7.97. The molecule has 0 saturated heterocycles. The highest BCUT2D eigenvalue weighted by atomic mass is 16.2. The fourth-order valence-electron chi connectivity index (χ4n) is 1.44. The van der Waals surface area contributed by atoms with Crippen molar-refractivity contribution in [1.29, 1.82) is 0 Å². The van der Waals surface area contributed by atoms with Crippen LogP contribution in [0.5, 0.6) is 0 Å². The van der Waals surface area contributed by atoms with E-state index in [1.807, 2.05) is 45.0 Å². The highest BCUT2D eigenvalue weighted by Gasteiger charge is 2.14. The minimum Gasteiger partial charge on any atom is -0.348 e. The van der Waals surface area contributed by atoms with Gasteiger partial charge in [-0.05, 0) is 25.8 Å². The Labute approximate surface area is 97.0 Å². The molecule has 16 heavy (non-hydrogen) atoms. The lowest BCUT2D eigenvalue weighted by atomic mass is 10.1. The molecule has 0 spiro atoms. The molecule has 1 rings (SSSR count). The van der Waals surface area contributed by atoms with Crippen molar-refractivity contribution < 1.29 is 4.79 Å². The molecule has 0 aromatic heterocycles. The van der Waals surface area contributed by atoms with Crippen molar-refractivity contribution in [2.45, 2.75) is 39.3 Å². The molecule has 0 unspecified atom stereocenters. The summed E-state index contributed by atoms with van der Waals surface area (Å²) >= 11 is 0. The third-order valence-corrected chi connectivity index (χ3v) is 2.71. The van der Waals surface area contributed by atoms with Crippen LogP contribution in [-0.2, 0) is 4.79 Å². The third kappa shape index (κ3) is 3.35. The highest BCUT2D eigenvalue weighted by Crippen LogP contribution is 2.13. The molecule has 0 bridgehead atoms. The average Bonchev–Trinajstić information content (AvgIpc) is 2.28. The number of benzene rings is 1. The van der Waals surface area contributed by atoms with E-state index in [1.54, 1.807) is 0 Å². The van der Waals surface area contributed by atoms with Crippen LogP contribution in [0.3, 0.4) is 0 Å². The number of nitrogens with two attached hydrogens (primary N) is 1. The molecule has 3 N–H and O–H groups in total. The first-order valence-electron chi connectivity index (χ1n) is 5.67. The number of hydrogen-bond donors (Lipinski definition) is 2. The van der Waals surface area contributed by atoms with Crippen LogP contribution >= 0.6 is 0 Å². The molecule has 0 fully saturated rings. The van der Waals surface area contributed by atoms with Gasteiger partial charge in [0.05, 0.1) is 12.1 Å². The van der Waals surface area contributed by atoms with Crippen LogP contribution in [0, 0.1) is 6.92 Å². The quantitative estimate of drug-likeness (QED) is 0.814. The van der Waals surface area contributed by atoms with Crippen molar-refractivity contribution in [2.75, 3.05) is 0 Å². The molecule has 0 heterocycles. The fourth-order valence-corrected chi connectivity index (χ4v) is 1.44. The summed E-state index contributed by atoms with van der Waals surface area (Å²) in [6.07, 6.45) is 0.659. The Morgan fingerprint density at radius 2 is 1.94 bits per heavy atom. The van der Waals surface area contributed by atoms with E-state index in [9.17, 15) is 4.79 Å². The van der Waals surface area contributed by atoms with E-state index in [0.29, 0.717) is 6.42 Å². The molecule has 0 saturated carbocycles. The summed E-state index contributed by atoms with van der Waals surface area (Å²) in [5.74, 6) is -0.0874. The molecule has 0 aliphatic carbocycles. The van der Waals surface area contributed by atoms with E-state index in [1.165, 1.54) is 5.56 Å². The van der Waals surface area contributed by atoms with Crippen LogP contribution in [-0.4, -0.2) is 11.9 Å². The van der Waals surface area contributed by atoms with Gasteiger partial charge in [0.1, 0.15) is 0 Å². The van der Waals surface area contributed by atoms with Gasteiger partial charge < -0.3 is 11.1 Å². The zero-order valence-electron chi connectivity index (χ0n) is 10.2. The normalized spacial score (nSPS) is 14.2. The second-order valence-corrected chi connectivity index (χ2v) is 4.16. The van der Waals surface area contributed by atoms with Crippen LogP contribution in [0.4, 0.5) is 0 Å². The van der Waals surface area contributed by atoms with E-state index >= 15 is 0 Å². The molecular formula is C13H20N2O. The summed E-state index contributed by atoms with van der Waals surface area (Å²) in [5, 5.41) is 2.90. The topological polar surface area (TPSA) is 55.1 Å². The van der Waals surface area contributed by atoms with Gasteiger partial charge in [0, 0.05) is 0 Å². The van der Waals surface area contributed by atoms with Crippen LogP contribution in [0.25, 0.3) is 0 Å². The van der Waals surface area contributed by atoms with Gasteiger partial charge >= 0.3 is 0 Å². The maximum atomic E-state index is 11.6. The number of nitrogens with one attached hydrogen (secondary N) is 1. The molecule has 2 atom stereocenters. The smallest absolute Gasteiger partial charge is 0.237 e. The van der Waals surface area contributed by atoms with Crippen LogP contribution in [0.1, 0.15) is 37.4 Å². The molecule has 0 aliphatic rings. The Bertz CT molecular complexity index is 345. The maximum Gasteiger partial charge on any atom is 0.237 e.